The van der Waals surface area contributed by atoms with E-state index in [1.807, 2.05) is 24.3 Å². The van der Waals surface area contributed by atoms with Gasteiger partial charge in [0.1, 0.15) is 5.76 Å². The molecule has 7 heteroatoms. The molecule has 0 bridgehead atoms. The highest BCUT2D eigenvalue weighted by atomic mass is 35.5. The predicted molar refractivity (Wildman–Crippen MR) is 111 cm³/mol. The number of carbonyl (C=O) groups is 2. The van der Waals surface area contributed by atoms with Crippen LogP contribution in [0.1, 0.15) is 17.2 Å². The summed E-state index contributed by atoms with van der Waals surface area (Å²) < 4.78 is 5.13. The molecule has 2 heterocycles. The summed E-state index contributed by atoms with van der Waals surface area (Å²) in [6.45, 7) is 0.487. The Morgan fingerprint density at radius 2 is 2.00 bits per heavy atom. The molecule has 0 aliphatic carbocycles. The normalized spacial score (nSPS) is 18.7. The lowest BCUT2D eigenvalue weighted by atomic mass is 9.95. The smallest absolute Gasteiger partial charge is 0.295 e. The molecule has 1 aromatic heterocycles. The second-order valence-electron chi connectivity index (χ2n) is 6.79. The molecule has 0 saturated carbocycles. The summed E-state index contributed by atoms with van der Waals surface area (Å²) in [5, 5.41) is 12.3. The number of methoxy groups -OCH3 is 1. The van der Waals surface area contributed by atoms with Gasteiger partial charge < -0.3 is 19.7 Å². The highest BCUT2D eigenvalue weighted by Gasteiger charge is 2.46. The fraction of sp³-hybridized carbons (Fsp3) is 0.182. The minimum atomic E-state index is -0.736. The van der Waals surface area contributed by atoms with E-state index in [0.717, 1.165) is 16.5 Å². The van der Waals surface area contributed by atoms with Crippen molar-refractivity contribution >= 4 is 40.0 Å². The van der Waals surface area contributed by atoms with Crippen molar-refractivity contribution in [2.45, 2.75) is 6.04 Å². The quantitative estimate of drug-likeness (QED) is 0.380. The van der Waals surface area contributed by atoms with Gasteiger partial charge in [0.2, 0.25) is 0 Å². The van der Waals surface area contributed by atoms with Gasteiger partial charge in [0.05, 0.1) is 18.2 Å². The zero-order valence-electron chi connectivity index (χ0n) is 15.7. The van der Waals surface area contributed by atoms with E-state index in [-0.39, 0.29) is 24.5 Å². The largest absolute Gasteiger partial charge is 0.507 e. The molecule has 4 rings (SSSR count). The van der Waals surface area contributed by atoms with Crippen molar-refractivity contribution in [2.75, 3.05) is 20.3 Å². The highest BCUT2D eigenvalue weighted by molar-refractivity contribution is 6.46. The summed E-state index contributed by atoms with van der Waals surface area (Å²) in [4.78, 5) is 30.3. The second kappa shape index (κ2) is 7.73. The lowest BCUT2D eigenvalue weighted by Crippen LogP contribution is -2.32. The molecular formula is C22H19ClN2O4. The van der Waals surface area contributed by atoms with E-state index in [9.17, 15) is 14.7 Å². The number of aliphatic hydroxyl groups is 1. The van der Waals surface area contributed by atoms with E-state index in [4.69, 9.17) is 16.3 Å². The maximum Gasteiger partial charge on any atom is 0.295 e. The van der Waals surface area contributed by atoms with E-state index in [2.05, 4.69) is 4.98 Å². The Morgan fingerprint density at radius 1 is 1.21 bits per heavy atom. The van der Waals surface area contributed by atoms with Crippen LogP contribution in [-0.4, -0.2) is 46.9 Å². The number of aliphatic hydroxyl groups excluding tert-OH is 1. The maximum atomic E-state index is 12.9. The molecule has 6 nitrogen and oxygen atoms in total. The third kappa shape index (κ3) is 3.30. The minimum absolute atomic E-state index is 0.0399. The standard InChI is InChI=1S/C22H19ClN2O4/c1-29-10-9-25-19(16-12-24-17-8-3-2-7-15(16)17)18(21(27)22(25)28)20(26)13-5-4-6-14(23)11-13/h2-8,11-12,19,24,26H,9-10H2,1H3/b20-18+. The SMILES string of the molecule is COCCN1C(=O)C(=O)/C(=C(/O)c2cccc(Cl)c2)C1c1c[nH]c2ccccc12. The fourth-order valence-electron chi connectivity index (χ4n) is 3.74. The number of hydrogen-bond acceptors (Lipinski definition) is 4. The Morgan fingerprint density at radius 3 is 2.76 bits per heavy atom. The van der Waals surface area contributed by atoms with Crippen LogP contribution in [0.15, 0.2) is 60.3 Å². The van der Waals surface area contributed by atoms with Gasteiger partial charge in [-0.25, -0.2) is 0 Å². The number of likely N-dealkylation sites (tertiary alicyclic amines) is 1. The molecule has 29 heavy (non-hydrogen) atoms. The number of benzene rings is 2. The first-order chi connectivity index (χ1) is 14.0. The number of nitrogens with one attached hydrogen (secondary N) is 1. The number of fused-ring (bicyclic) bond motifs is 1. The number of carbonyl (C=O) groups excluding carboxylic acids is 2. The van der Waals surface area contributed by atoms with Crippen LogP contribution >= 0.6 is 11.6 Å². The minimum Gasteiger partial charge on any atom is -0.507 e. The number of aromatic nitrogens is 1. The van der Waals surface area contributed by atoms with Gasteiger partial charge in [0, 0.05) is 46.9 Å². The third-order valence-electron chi connectivity index (χ3n) is 5.09. The summed E-state index contributed by atoms with van der Waals surface area (Å²) in [5.74, 6) is -1.64. The zero-order valence-corrected chi connectivity index (χ0v) is 16.4. The van der Waals surface area contributed by atoms with Crippen molar-refractivity contribution in [1.29, 1.82) is 0 Å². The zero-order chi connectivity index (χ0) is 20.5. The number of amides is 1. The number of para-hydroxylation sites is 1. The van der Waals surface area contributed by atoms with E-state index >= 15 is 0 Å². The maximum absolute atomic E-state index is 12.9. The van der Waals surface area contributed by atoms with Crippen LogP contribution in [0.5, 0.6) is 0 Å². The van der Waals surface area contributed by atoms with E-state index < -0.39 is 17.7 Å². The number of Topliss-reactive ketones (excluding diaryl/α,β-unsaturated/α-hetero) is 1. The molecule has 0 radical (unpaired) electrons. The Kier molecular flexibility index (Phi) is 5.13. The Hall–Kier alpha value is -3.09. The van der Waals surface area contributed by atoms with Gasteiger partial charge in [0.25, 0.3) is 11.7 Å². The Balaban J connectivity index is 1.93. The lowest BCUT2D eigenvalue weighted by molar-refractivity contribution is -0.140. The average molecular weight is 411 g/mol. The van der Waals surface area contributed by atoms with E-state index in [1.54, 1.807) is 30.5 Å². The van der Waals surface area contributed by atoms with Crippen LogP contribution in [0.4, 0.5) is 0 Å². The summed E-state index contributed by atoms with van der Waals surface area (Å²) in [7, 11) is 1.53. The molecule has 1 unspecified atom stereocenters. The van der Waals surface area contributed by atoms with Crippen molar-refractivity contribution in [3.05, 3.63) is 76.5 Å². The molecule has 2 N–H and O–H groups in total. The van der Waals surface area contributed by atoms with Gasteiger partial charge in [-0.15, -0.1) is 0 Å². The lowest BCUT2D eigenvalue weighted by Gasteiger charge is -2.24. The highest BCUT2D eigenvalue weighted by Crippen LogP contribution is 2.41. The van der Waals surface area contributed by atoms with E-state index in [0.29, 0.717) is 10.6 Å². The van der Waals surface area contributed by atoms with Crippen LogP contribution in [0.2, 0.25) is 5.02 Å². The van der Waals surface area contributed by atoms with Gasteiger partial charge >= 0.3 is 0 Å². The first kappa shape index (κ1) is 19.2. The fourth-order valence-corrected chi connectivity index (χ4v) is 3.93. The van der Waals surface area contributed by atoms with Crippen LogP contribution in [0.3, 0.4) is 0 Å². The average Bonchev–Trinajstić information content (AvgIpc) is 3.25. The molecule has 1 saturated heterocycles. The number of hydrogen-bond donors (Lipinski definition) is 2. The molecule has 1 aliphatic rings. The summed E-state index contributed by atoms with van der Waals surface area (Å²) in [5.41, 5.74) is 2.03. The van der Waals surface area contributed by atoms with Gasteiger partial charge in [0.15, 0.2) is 0 Å². The topological polar surface area (TPSA) is 82.6 Å². The van der Waals surface area contributed by atoms with Crippen LogP contribution in [-0.2, 0) is 14.3 Å². The number of H-pyrrole nitrogens is 1. The van der Waals surface area contributed by atoms with Crippen LogP contribution in [0.25, 0.3) is 16.7 Å². The van der Waals surface area contributed by atoms with Gasteiger partial charge in [-0.05, 0) is 18.2 Å². The monoisotopic (exact) mass is 410 g/mol. The second-order valence-corrected chi connectivity index (χ2v) is 7.22. The molecule has 2 aromatic carbocycles. The molecule has 1 amide bonds. The van der Waals surface area contributed by atoms with Crippen molar-refractivity contribution < 1.29 is 19.4 Å². The first-order valence-corrected chi connectivity index (χ1v) is 9.50. The van der Waals surface area contributed by atoms with Gasteiger partial charge in [-0.1, -0.05) is 41.9 Å². The number of aromatic amines is 1. The number of nitrogens with zero attached hydrogens (tertiary/aromatic N) is 1. The van der Waals surface area contributed by atoms with Crippen molar-refractivity contribution in [2.24, 2.45) is 0 Å². The summed E-state index contributed by atoms with van der Waals surface area (Å²) in [6.07, 6.45) is 1.77. The molecule has 3 aromatic rings. The molecule has 0 spiro atoms. The molecule has 1 aliphatic heterocycles. The third-order valence-corrected chi connectivity index (χ3v) is 5.33. The van der Waals surface area contributed by atoms with Crippen molar-refractivity contribution in [1.82, 2.24) is 9.88 Å². The Bertz CT molecular complexity index is 1130. The first-order valence-electron chi connectivity index (χ1n) is 9.12. The summed E-state index contributed by atoms with van der Waals surface area (Å²) in [6, 6.07) is 13.4. The van der Waals surface area contributed by atoms with Crippen molar-refractivity contribution in [3.63, 3.8) is 0 Å². The van der Waals surface area contributed by atoms with E-state index in [1.165, 1.54) is 12.0 Å². The number of halogens is 1. The van der Waals surface area contributed by atoms with Crippen molar-refractivity contribution in [3.8, 4) is 0 Å². The molecule has 1 fully saturated rings. The Labute approximate surface area is 172 Å². The number of ketones is 1. The van der Waals surface area contributed by atoms with Gasteiger partial charge in [-0.3, -0.25) is 9.59 Å². The van der Waals surface area contributed by atoms with Crippen LogP contribution < -0.4 is 0 Å². The van der Waals surface area contributed by atoms with Gasteiger partial charge in [-0.2, -0.15) is 0 Å². The molecule has 1 atom stereocenters. The summed E-state index contributed by atoms with van der Waals surface area (Å²) >= 11 is 6.05. The number of rotatable bonds is 5. The van der Waals surface area contributed by atoms with Crippen LogP contribution in [0, 0.1) is 0 Å². The molecule has 148 valence electrons. The predicted octanol–water partition coefficient (Wildman–Crippen LogP) is 3.89. The molecular weight excluding hydrogens is 392 g/mol. The number of ether oxygens (including phenoxy) is 1.